The van der Waals surface area contributed by atoms with Crippen LogP contribution in [0.3, 0.4) is 0 Å². The van der Waals surface area contributed by atoms with Crippen LogP contribution in [0.25, 0.3) is 0 Å². The number of aromatic nitrogens is 4. The molecule has 1 aliphatic heterocycles. The van der Waals surface area contributed by atoms with Crippen LogP contribution in [-0.2, 0) is 44.7 Å². The molecule has 44 heavy (non-hydrogen) atoms. The molecule has 2 amide bonds. The van der Waals surface area contributed by atoms with Crippen molar-refractivity contribution in [3.8, 4) is 0 Å². The van der Waals surface area contributed by atoms with Crippen LogP contribution in [0.2, 0.25) is 0 Å². The molecular weight excluding hydrogens is 578 g/mol. The molecule has 2 aromatic carbocycles. The molecule has 1 aliphatic rings. The van der Waals surface area contributed by atoms with Crippen LogP contribution in [0.4, 0.5) is 10.9 Å². The Hall–Kier alpha value is -4.10. The molecular formula is C32H37N7O4S. The van der Waals surface area contributed by atoms with Crippen molar-refractivity contribution in [2.24, 2.45) is 0 Å². The molecule has 3 heterocycles. The summed E-state index contributed by atoms with van der Waals surface area (Å²) < 4.78 is 11.4. The lowest BCUT2D eigenvalue weighted by Crippen LogP contribution is -2.20. The minimum atomic E-state index is -0.241. The first-order valence-electron chi connectivity index (χ1n) is 14.9. The summed E-state index contributed by atoms with van der Waals surface area (Å²) in [7, 11) is 0. The molecule has 1 saturated heterocycles. The number of carbonyl (C=O) groups excluding carboxylic acids is 2. The lowest BCUT2D eigenvalue weighted by molar-refractivity contribution is -0.116. The highest BCUT2D eigenvalue weighted by molar-refractivity contribution is 7.15. The van der Waals surface area contributed by atoms with E-state index in [2.05, 4.69) is 36.3 Å². The number of anilines is 2. The van der Waals surface area contributed by atoms with Gasteiger partial charge in [0.15, 0.2) is 18.3 Å². The van der Waals surface area contributed by atoms with Crippen LogP contribution >= 0.6 is 11.3 Å². The zero-order chi connectivity index (χ0) is 30.7. The van der Waals surface area contributed by atoms with Gasteiger partial charge in [0.1, 0.15) is 5.01 Å². The molecule has 3 N–H and O–H groups in total. The van der Waals surface area contributed by atoms with Crippen molar-refractivity contribution in [3.63, 3.8) is 0 Å². The van der Waals surface area contributed by atoms with Crippen LogP contribution in [0.15, 0.2) is 66.7 Å². The maximum atomic E-state index is 12.7. The van der Waals surface area contributed by atoms with Crippen molar-refractivity contribution in [1.29, 1.82) is 0 Å². The van der Waals surface area contributed by atoms with E-state index in [1.165, 1.54) is 11.3 Å². The van der Waals surface area contributed by atoms with E-state index in [1.54, 1.807) is 6.07 Å². The first-order chi connectivity index (χ1) is 21.4. The summed E-state index contributed by atoms with van der Waals surface area (Å²) in [5.41, 5.74) is 3.69. The molecule has 0 radical (unpaired) electrons. The van der Waals surface area contributed by atoms with Crippen LogP contribution in [0, 0.1) is 0 Å². The van der Waals surface area contributed by atoms with E-state index in [9.17, 15) is 9.59 Å². The monoisotopic (exact) mass is 615 g/mol. The van der Waals surface area contributed by atoms with Crippen LogP contribution in [0.5, 0.6) is 0 Å². The van der Waals surface area contributed by atoms with Crippen molar-refractivity contribution >= 4 is 34.1 Å². The third-order valence-electron chi connectivity index (χ3n) is 6.96. The minimum absolute atomic E-state index is 0.0487. The molecule has 0 spiro atoms. The second-order valence-corrected chi connectivity index (χ2v) is 11.6. The minimum Gasteiger partial charge on any atom is -0.341 e. The average molecular weight is 616 g/mol. The van der Waals surface area contributed by atoms with E-state index < -0.39 is 0 Å². The van der Waals surface area contributed by atoms with E-state index in [0.29, 0.717) is 17.4 Å². The standard InChI is InChI=1S/C32H37N7O4S/c1-3-33-30-31(43-30)42-21(2)24-13-9-12-23(18-24)20-28(41)35-32-39-38-29(44-32)15-8-7-14-25-16-17-26(37-36-25)34-27(40)19-22-10-5-4-6-11-22/h4-6,9-13,16-18,21,30-31,33H,3,7-8,14-15,19-20H2,1-2H3,(H,34,37,40)(H,35,39,41). The van der Waals surface area contributed by atoms with Gasteiger partial charge in [0, 0.05) is 6.42 Å². The first kappa shape index (κ1) is 31.3. The number of hydrogen-bond acceptors (Lipinski definition) is 10. The molecule has 1 fully saturated rings. The fourth-order valence-electron chi connectivity index (χ4n) is 4.65. The zero-order valence-electron chi connectivity index (χ0n) is 24.9. The predicted octanol–water partition coefficient (Wildman–Crippen LogP) is 4.63. The van der Waals surface area contributed by atoms with Gasteiger partial charge in [-0.15, -0.1) is 15.3 Å². The molecule has 4 aromatic rings. The Labute approximate surface area is 260 Å². The molecule has 11 nitrogen and oxygen atoms in total. The Balaban J connectivity index is 0.993. The van der Waals surface area contributed by atoms with Gasteiger partial charge in [0.25, 0.3) is 0 Å². The Morgan fingerprint density at radius 1 is 0.886 bits per heavy atom. The number of rotatable bonds is 16. The van der Waals surface area contributed by atoms with Gasteiger partial charge in [-0.25, -0.2) is 0 Å². The number of unbranched alkanes of at least 4 members (excludes halogenated alkanes) is 1. The summed E-state index contributed by atoms with van der Waals surface area (Å²) in [6, 6.07) is 21.1. The number of likely N-dealkylation sites (N-methyl/N-ethyl adjacent to an activating group) is 1. The highest BCUT2D eigenvalue weighted by atomic mass is 32.1. The fourth-order valence-corrected chi connectivity index (χ4v) is 5.45. The summed E-state index contributed by atoms with van der Waals surface area (Å²) in [6.07, 6.45) is 3.40. The molecule has 5 rings (SSSR count). The summed E-state index contributed by atoms with van der Waals surface area (Å²) in [5, 5.41) is 27.0. The summed E-state index contributed by atoms with van der Waals surface area (Å²) in [5.74, 6) is 0.171. The van der Waals surface area contributed by atoms with Crippen molar-refractivity contribution in [2.45, 2.75) is 71.0 Å². The number of ether oxygens (including phenoxy) is 2. The summed E-state index contributed by atoms with van der Waals surface area (Å²) >= 11 is 1.39. The summed E-state index contributed by atoms with van der Waals surface area (Å²) in [6.45, 7) is 4.83. The number of benzene rings is 2. The molecule has 0 saturated carbocycles. The molecule has 2 aromatic heterocycles. The number of nitrogens with one attached hydrogen (secondary N) is 3. The maximum absolute atomic E-state index is 12.7. The van der Waals surface area contributed by atoms with Crippen LogP contribution in [0.1, 0.15) is 60.2 Å². The normalized spacial score (nSPS) is 16.3. The number of carbonyl (C=O) groups is 2. The van der Waals surface area contributed by atoms with Gasteiger partial charge in [0.2, 0.25) is 16.9 Å². The van der Waals surface area contributed by atoms with Crippen molar-refractivity contribution in [2.75, 3.05) is 17.2 Å². The Morgan fingerprint density at radius 3 is 2.45 bits per heavy atom. The Bertz CT molecular complexity index is 1520. The number of epoxide rings is 1. The zero-order valence-corrected chi connectivity index (χ0v) is 25.7. The lowest BCUT2D eigenvalue weighted by Gasteiger charge is -2.13. The quantitative estimate of drug-likeness (QED) is 0.121. The van der Waals surface area contributed by atoms with Gasteiger partial charge in [-0.3, -0.25) is 14.9 Å². The largest absolute Gasteiger partial charge is 0.341 e. The second kappa shape index (κ2) is 15.6. The van der Waals surface area contributed by atoms with Gasteiger partial charge in [-0.1, -0.05) is 72.9 Å². The van der Waals surface area contributed by atoms with Crippen molar-refractivity contribution in [1.82, 2.24) is 25.7 Å². The summed E-state index contributed by atoms with van der Waals surface area (Å²) in [4.78, 5) is 24.9. The number of aryl methyl sites for hydroxylation is 2. The van der Waals surface area contributed by atoms with Gasteiger partial charge < -0.3 is 20.1 Å². The number of hydrogen-bond donors (Lipinski definition) is 3. The van der Waals surface area contributed by atoms with E-state index in [0.717, 1.165) is 59.6 Å². The Kier molecular flexibility index (Phi) is 11.1. The average Bonchev–Trinajstić information content (AvgIpc) is 3.59. The van der Waals surface area contributed by atoms with Crippen LogP contribution < -0.4 is 16.0 Å². The van der Waals surface area contributed by atoms with Crippen LogP contribution in [-0.4, -0.2) is 51.3 Å². The molecule has 0 aliphatic carbocycles. The van der Waals surface area contributed by atoms with E-state index in [4.69, 9.17) is 9.47 Å². The number of amides is 2. The molecule has 0 bridgehead atoms. The topological polar surface area (TPSA) is 144 Å². The highest BCUT2D eigenvalue weighted by Gasteiger charge is 2.40. The highest BCUT2D eigenvalue weighted by Crippen LogP contribution is 2.29. The van der Waals surface area contributed by atoms with E-state index in [1.807, 2.05) is 74.5 Å². The molecule has 3 atom stereocenters. The van der Waals surface area contributed by atoms with Gasteiger partial charge in [-0.2, -0.15) is 5.10 Å². The third kappa shape index (κ3) is 9.71. The third-order valence-corrected chi connectivity index (χ3v) is 7.86. The molecule has 3 unspecified atom stereocenters. The SMILES string of the molecule is CCNC1OC1OC(C)c1cccc(CC(=O)Nc2nnc(CCCCc3ccc(NC(=O)Cc4ccccc4)nn3)s2)c1. The van der Waals surface area contributed by atoms with E-state index >= 15 is 0 Å². The smallest absolute Gasteiger partial charge is 0.230 e. The fraction of sp³-hybridized carbons (Fsp3) is 0.375. The van der Waals surface area contributed by atoms with Crippen molar-refractivity contribution in [3.05, 3.63) is 94.1 Å². The van der Waals surface area contributed by atoms with Gasteiger partial charge in [-0.05, 0) is 61.6 Å². The lowest BCUT2D eigenvalue weighted by atomic mass is 10.0. The predicted molar refractivity (Wildman–Crippen MR) is 168 cm³/mol. The van der Waals surface area contributed by atoms with E-state index in [-0.39, 0.29) is 36.9 Å². The number of nitrogens with zero attached hydrogens (tertiary/aromatic N) is 4. The molecule has 12 heteroatoms. The van der Waals surface area contributed by atoms with Gasteiger partial charge in [0.05, 0.1) is 24.6 Å². The van der Waals surface area contributed by atoms with Crippen molar-refractivity contribution < 1.29 is 19.1 Å². The van der Waals surface area contributed by atoms with Gasteiger partial charge >= 0.3 is 0 Å². The Morgan fingerprint density at radius 2 is 1.66 bits per heavy atom. The maximum Gasteiger partial charge on any atom is 0.230 e. The molecule has 230 valence electrons. The first-order valence-corrected chi connectivity index (χ1v) is 15.7. The second-order valence-electron chi connectivity index (χ2n) is 10.6.